The van der Waals surface area contributed by atoms with Crippen molar-refractivity contribution in [2.24, 2.45) is 0 Å². The Morgan fingerprint density at radius 2 is 2.00 bits per heavy atom. The van der Waals surface area contributed by atoms with Crippen LogP contribution in [0, 0.1) is 13.8 Å². The standard InChI is InChI=1S/C15H23N3O5/c1-8-12(16-9(2)22-8)13(20)17-10-6-18(7-11(10)19)14(21)23-15(3,4)5/h10-11,19H,6-7H2,1-5H3,(H,17,20)/t10-,11-/m1/s1. The van der Waals surface area contributed by atoms with Gasteiger partial charge in [0.25, 0.3) is 5.91 Å². The molecule has 0 bridgehead atoms. The lowest BCUT2D eigenvalue weighted by molar-refractivity contribution is 0.0269. The maximum Gasteiger partial charge on any atom is 0.410 e. The zero-order valence-corrected chi connectivity index (χ0v) is 14.0. The molecule has 0 aromatic carbocycles. The van der Waals surface area contributed by atoms with Crippen molar-refractivity contribution in [1.82, 2.24) is 15.2 Å². The number of β-amino-alcohol motifs (C(OH)–C–C–N with tert-alkyl or cyclic N) is 1. The van der Waals surface area contributed by atoms with Gasteiger partial charge in [-0.15, -0.1) is 0 Å². The molecule has 0 spiro atoms. The van der Waals surface area contributed by atoms with Crippen molar-refractivity contribution >= 4 is 12.0 Å². The molecule has 1 aliphatic rings. The molecule has 1 aromatic heterocycles. The maximum absolute atomic E-state index is 12.2. The number of hydrogen-bond acceptors (Lipinski definition) is 6. The molecule has 1 aliphatic heterocycles. The quantitative estimate of drug-likeness (QED) is 0.840. The SMILES string of the molecule is Cc1nc(C(=O)N[C@@H]2CN(C(=O)OC(C)(C)C)C[C@H]2O)c(C)o1. The van der Waals surface area contributed by atoms with Crippen molar-refractivity contribution in [1.29, 1.82) is 0 Å². The summed E-state index contributed by atoms with van der Waals surface area (Å²) in [6.07, 6.45) is -1.37. The van der Waals surface area contributed by atoms with Crippen molar-refractivity contribution in [3.63, 3.8) is 0 Å². The summed E-state index contributed by atoms with van der Waals surface area (Å²) in [6, 6.07) is -0.577. The number of ether oxygens (including phenoxy) is 1. The van der Waals surface area contributed by atoms with Crippen LogP contribution in [-0.4, -0.2) is 57.8 Å². The van der Waals surface area contributed by atoms with Gasteiger partial charge in [0.1, 0.15) is 11.4 Å². The van der Waals surface area contributed by atoms with Crippen LogP contribution in [0.25, 0.3) is 0 Å². The molecular weight excluding hydrogens is 302 g/mol. The number of rotatable bonds is 2. The Morgan fingerprint density at radius 1 is 1.35 bits per heavy atom. The van der Waals surface area contributed by atoms with E-state index in [2.05, 4.69) is 10.3 Å². The summed E-state index contributed by atoms with van der Waals surface area (Å²) >= 11 is 0. The van der Waals surface area contributed by atoms with Crippen LogP contribution in [0.3, 0.4) is 0 Å². The molecule has 0 saturated carbocycles. The third-order valence-electron chi connectivity index (χ3n) is 3.38. The Balaban J connectivity index is 1.98. The summed E-state index contributed by atoms with van der Waals surface area (Å²) < 4.78 is 10.5. The van der Waals surface area contributed by atoms with Crippen LogP contribution in [0.2, 0.25) is 0 Å². The van der Waals surface area contributed by atoms with Crippen molar-refractivity contribution in [3.05, 3.63) is 17.3 Å². The lowest BCUT2D eigenvalue weighted by Gasteiger charge is -2.24. The minimum absolute atomic E-state index is 0.108. The van der Waals surface area contributed by atoms with Gasteiger partial charge in [-0.1, -0.05) is 0 Å². The Hall–Kier alpha value is -2.09. The van der Waals surface area contributed by atoms with Gasteiger partial charge >= 0.3 is 6.09 Å². The second-order valence-corrected chi connectivity index (χ2v) is 6.67. The summed E-state index contributed by atoms with van der Waals surface area (Å²) in [5.41, 5.74) is -0.427. The summed E-state index contributed by atoms with van der Waals surface area (Å²) in [7, 11) is 0. The number of aromatic nitrogens is 1. The number of aryl methyl sites for hydroxylation is 2. The minimum atomic E-state index is -0.861. The summed E-state index contributed by atoms with van der Waals surface area (Å²) in [6.45, 7) is 8.89. The second kappa shape index (κ2) is 6.19. The zero-order valence-electron chi connectivity index (χ0n) is 14.0. The van der Waals surface area contributed by atoms with Crippen LogP contribution in [0.4, 0.5) is 4.79 Å². The van der Waals surface area contributed by atoms with Gasteiger partial charge in [-0.3, -0.25) is 4.79 Å². The first kappa shape index (κ1) is 17.3. The topological polar surface area (TPSA) is 105 Å². The first-order valence-corrected chi connectivity index (χ1v) is 7.47. The molecule has 23 heavy (non-hydrogen) atoms. The molecule has 1 saturated heterocycles. The Bertz CT molecular complexity index is 605. The number of aliphatic hydroxyl groups is 1. The van der Waals surface area contributed by atoms with Crippen molar-refractivity contribution in [2.45, 2.75) is 52.4 Å². The predicted octanol–water partition coefficient (Wildman–Crippen LogP) is 1.00. The number of hydrogen-bond donors (Lipinski definition) is 2. The number of carbonyl (C=O) groups is 2. The molecule has 8 nitrogen and oxygen atoms in total. The van der Waals surface area contributed by atoms with E-state index in [0.29, 0.717) is 11.7 Å². The fraction of sp³-hybridized carbons (Fsp3) is 0.667. The van der Waals surface area contributed by atoms with Crippen molar-refractivity contribution in [3.8, 4) is 0 Å². The summed E-state index contributed by atoms with van der Waals surface area (Å²) in [5, 5.41) is 12.8. The molecule has 2 amide bonds. The molecule has 0 radical (unpaired) electrons. The molecule has 2 N–H and O–H groups in total. The van der Waals surface area contributed by atoms with Gasteiger partial charge in [-0.25, -0.2) is 9.78 Å². The van der Waals surface area contributed by atoms with Crippen LogP contribution in [0.5, 0.6) is 0 Å². The number of nitrogens with zero attached hydrogens (tertiary/aromatic N) is 2. The van der Waals surface area contributed by atoms with Gasteiger partial charge in [0, 0.05) is 13.5 Å². The number of nitrogens with one attached hydrogen (secondary N) is 1. The molecule has 8 heteroatoms. The molecule has 0 aliphatic carbocycles. The Kier molecular flexibility index (Phi) is 4.65. The molecule has 128 valence electrons. The highest BCUT2D eigenvalue weighted by molar-refractivity contribution is 5.93. The average Bonchev–Trinajstić information content (AvgIpc) is 2.91. The maximum atomic E-state index is 12.2. The highest BCUT2D eigenvalue weighted by atomic mass is 16.6. The van der Waals surface area contributed by atoms with E-state index in [9.17, 15) is 14.7 Å². The van der Waals surface area contributed by atoms with Crippen LogP contribution < -0.4 is 5.32 Å². The lowest BCUT2D eigenvalue weighted by Crippen LogP contribution is -2.43. The fourth-order valence-corrected chi connectivity index (χ4v) is 2.38. The van der Waals surface area contributed by atoms with E-state index in [1.807, 2.05) is 0 Å². The lowest BCUT2D eigenvalue weighted by atomic mass is 10.2. The van der Waals surface area contributed by atoms with E-state index in [1.165, 1.54) is 4.90 Å². The van der Waals surface area contributed by atoms with Crippen LogP contribution in [0.1, 0.15) is 42.9 Å². The highest BCUT2D eigenvalue weighted by Gasteiger charge is 2.37. The Morgan fingerprint density at radius 3 is 2.52 bits per heavy atom. The van der Waals surface area contributed by atoms with E-state index >= 15 is 0 Å². The van der Waals surface area contributed by atoms with E-state index in [4.69, 9.17) is 9.15 Å². The number of carbonyl (C=O) groups excluding carboxylic acids is 2. The molecule has 0 unspecified atom stereocenters. The molecular formula is C15H23N3O5. The Labute approximate surface area is 134 Å². The highest BCUT2D eigenvalue weighted by Crippen LogP contribution is 2.17. The van der Waals surface area contributed by atoms with E-state index in [0.717, 1.165) is 0 Å². The third kappa shape index (κ3) is 4.22. The van der Waals surface area contributed by atoms with Crippen LogP contribution in [0.15, 0.2) is 4.42 Å². The largest absolute Gasteiger partial charge is 0.445 e. The summed E-state index contributed by atoms with van der Waals surface area (Å²) in [4.78, 5) is 29.6. The number of aliphatic hydroxyl groups excluding tert-OH is 1. The average molecular weight is 325 g/mol. The fourth-order valence-electron chi connectivity index (χ4n) is 2.38. The normalized spacial score (nSPS) is 21.4. The molecule has 2 heterocycles. The minimum Gasteiger partial charge on any atom is -0.445 e. The third-order valence-corrected chi connectivity index (χ3v) is 3.38. The van der Waals surface area contributed by atoms with E-state index in [-0.39, 0.29) is 18.8 Å². The van der Waals surface area contributed by atoms with Crippen molar-refractivity contribution in [2.75, 3.05) is 13.1 Å². The van der Waals surface area contributed by atoms with E-state index < -0.39 is 29.7 Å². The second-order valence-electron chi connectivity index (χ2n) is 6.67. The molecule has 2 atom stereocenters. The molecule has 1 fully saturated rings. The zero-order chi connectivity index (χ0) is 17.4. The molecule has 1 aromatic rings. The van der Waals surface area contributed by atoms with Gasteiger partial charge in [0.15, 0.2) is 11.6 Å². The number of likely N-dealkylation sites (tertiary alicyclic amines) is 1. The predicted molar refractivity (Wildman–Crippen MR) is 81.0 cm³/mol. The van der Waals surface area contributed by atoms with Crippen LogP contribution >= 0.6 is 0 Å². The monoisotopic (exact) mass is 325 g/mol. The summed E-state index contributed by atoms with van der Waals surface area (Å²) in [5.74, 6) is 0.376. The van der Waals surface area contributed by atoms with Gasteiger partial charge < -0.3 is 24.5 Å². The van der Waals surface area contributed by atoms with Gasteiger partial charge in [-0.2, -0.15) is 0 Å². The molecule has 2 rings (SSSR count). The smallest absolute Gasteiger partial charge is 0.410 e. The van der Waals surface area contributed by atoms with Gasteiger partial charge in [-0.05, 0) is 27.7 Å². The van der Waals surface area contributed by atoms with Crippen molar-refractivity contribution < 1.29 is 23.8 Å². The van der Waals surface area contributed by atoms with Crippen LogP contribution in [-0.2, 0) is 4.74 Å². The number of amides is 2. The number of oxazole rings is 1. The first-order chi connectivity index (χ1) is 10.6. The van der Waals surface area contributed by atoms with Gasteiger partial charge in [0.2, 0.25) is 0 Å². The van der Waals surface area contributed by atoms with Gasteiger partial charge in [0.05, 0.1) is 18.7 Å². The van der Waals surface area contributed by atoms with E-state index in [1.54, 1.807) is 34.6 Å². The first-order valence-electron chi connectivity index (χ1n) is 7.47.